The third-order valence-corrected chi connectivity index (χ3v) is 9.45. The molecule has 1 aliphatic carbocycles. The Kier molecular flexibility index (Phi) is 9.88. The number of amides is 2. The van der Waals surface area contributed by atoms with E-state index in [0.29, 0.717) is 74.9 Å². The molecule has 1 atom stereocenters. The summed E-state index contributed by atoms with van der Waals surface area (Å²) >= 11 is 0. The molecule has 13 heteroatoms. The molecule has 0 unspecified atom stereocenters. The zero-order chi connectivity index (χ0) is 32.2. The third kappa shape index (κ3) is 6.46. The number of alkyl halides is 3. The van der Waals surface area contributed by atoms with Gasteiger partial charge in [0, 0.05) is 64.0 Å². The second-order valence-electron chi connectivity index (χ2n) is 12.4. The van der Waals surface area contributed by atoms with Crippen molar-refractivity contribution in [3.63, 3.8) is 0 Å². The van der Waals surface area contributed by atoms with E-state index in [-0.39, 0.29) is 55.5 Å². The van der Waals surface area contributed by atoms with Crippen LogP contribution in [-0.2, 0) is 9.53 Å². The van der Waals surface area contributed by atoms with E-state index in [4.69, 9.17) is 14.5 Å². The molecule has 1 saturated carbocycles. The Hall–Kier alpha value is -3.45. The molecule has 2 N–H and O–H groups in total. The van der Waals surface area contributed by atoms with Crippen molar-refractivity contribution in [2.75, 3.05) is 64.5 Å². The van der Waals surface area contributed by atoms with E-state index in [0.717, 1.165) is 0 Å². The number of halogens is 3. The first-order valence-corrected chi connectivity index (χ1v) is 15.8. The van der Waals surface area contributed by atoms with Crippen LogP contribution in [0, 0.1) is 10.8 Å². The van der Waals surface area contributed by atoms with Crippen molar-refractivity contribution in [2.24, 2.45) is 10.8 Å². The van der Waals surface area contributed by atoms with Crippen LogP contribution in [0.2, 0.25) is 0 Å². The molecule has 0 spiro atoms. The highest BCUT2D eigenvalue weighted by molar-refractivity contribution is 5.99. The SMILES string of the molecule is CCOc1ncccc1-c1ccc(N2CCN(C(=O)C3(C(F)(F)F)CCCC3)C[C@H]2CC)c(C(=O)NCC2(COC)CNC2)n1. The Morgan fingerprint density at radius 1 is 1.13 bits per heavy atom. The number of anilines is 1. The fourth-order valence-corrected chi connectivity index (χ4v) is 6.86. The average molecular weight is 633 g/mol. The molecule has 0 radical (unpaired) electrons. The van der Waals surface area contributed by atoms with Crippen LogP contribution in [0.4, 0.5) is 18.9 Å². The molecule has 2 saturated heterocycles. The van der Waals surface area contributed by atoms with Gasteiger partial charge in [-0.2, -0.15) is 13.2 Å². The maximum absolute atomic E-state index is 14.2. The lowest BCUT2D eigenvalue weighted by Crippen LogP contribution is -2.61. The van der Waals surface area contributed by atoms with Gasteiger partial charge in [0.2, 0.25) is 11.8 Å². The lowest BCUT2D eigenvalue weighted by atomic mass is 9.82. The maximum atomic E-state index is 14.2. The second kappa shape index (κ2) is 13.5. The summed E-state index contributed by atoms with van der Waals surface area (Å²) in [4.78, 5) is 39.9. The highest BCUT2D eigenvalue weighted by Crippen LogP contribution is 2.52. The number of carbonyl (C=O) groups excluding carboxylic acids is 2. The van der Waals surface area contributed by atoms with Crippen LogP contribution in [-0.4, -0.2) is 98.5 Å². The normalized spacial score (nSPS) is 20.9. The van der Waals surface area contributed by atoms with Gasteiger partial charge < -0.3 is 29.9 Å². The van der Waals surface area contributed by atoms with Crippen molar-refractivity contribution < 1.29 is 32.2 Å². The molecule has 5 rings (SSSR count). The molecule has 2 aromatic rings. The summed E-state index contributed by atoms with van der Waals surface area (Å²) in [5.41, 5.74) is -0.628. The fourth-order valence-electron chi connectivity index (χ4n) is 6.86. The predicted molar refractivity (Wildman–Crippen MR) is 163 cm³/mol. The van der Waals surface area contributed by atoms with Crippen molar-refractivity contribution in [1.82, 2.24) is 25.5 Å². The molecular weight excluding hydrogens is 589 g/mol. The van der Waals surface area contributed by atoms with E-state index < -0.39 is 17.5 Å². The van der Waals surface area contributed by atoms with Gasteiger partial charge in [0.1, 0.15) is 5.41 Å². The van der Waals surface area contributed by atoms with Crippen LogP contribution in [0.3, 0.4) is 0 Å². The first kappa shape index (κ1) is 32.9. The number of piperazine rings is 1. The minimum absolute atomic E-state index is 0.121. The number of rotatable bonds is 11. The summed E-state index contributed by atoms with van der Waals surface area (Å²) in [5.74, 6) is -0.795. The molecule has 2 aliphatic heterocycles. The number of hydrogen-bond donors (Lipinski definition) is 2. The van der Waals surface area contributed by atoms with E-state index in [1.165, 1.54) is 4.90 Å². The molecule has 3 fully saturated rings. The number of ether oxygens (including phenoxy) is 2. The summed E-state index contributed by atoms with van der Waals surface area (Å²) in [6, 6.07) is 6.92. The number of methoxy groups -OCH3 is 1. The number of carbonyl (C=O) groups is 2. The Morgan fingerprint density at radius 2 is 1.89 bits per heavy atom. The Balaban J connectivity index is 1.45. The van der Waals surface area contributed by atoms with Gasteiger partial charge in [-0.05, 0) is 50.5 Å². The molecule has 2 amide bonds. The Labute approximate surface area is 262 Å². The Bertz CT molecular complexity index is 1360. The molecule has 10 nitrogen and oxygen atoms in total. The van der Waals surface area contributed by atoms with Crippen molar-refractivity contribution in [3.05, 3.63) is 36.2 Å². The van der Waals surface area contributed by atoms with Crippen LogP contribution in [0.15, 0.2) is 30.5 Å². The molecule has 4 heterocycles. The number of aromatic nitrogens is 2. The van der Waals surface area contributed by atoms with Gasteiger partial charge in [0.05, 0.1) is 30.2 Å². The molecule has 3 aliphatic rings. The third-order valence-electron chi connectivity index (χ3n) is 9.45. The summed E-state index contributed by atoms with van der Waals surface area (Å²) < 4.78 is 53.8. The molecule has 45 heavy (non-hydrogen) atoms. The largest absolute Gasteiger partial charge is 0.477 e. The van der Waals surface area contributed by atoms with Gasteiger partial charge in [-0.3, -0.25) is 9.59 Å². The second-order valence-corrected chi connectivity index (χ2v) is 12.4. The minimum Gasteiger partial charge on any atom is -0.477 e. The number of hydrogen-bond acceptors (Lipinski definition) is 8. The number of nitrogens with one attached hydrogen (secondary N) is 2. The summed E-state index contributed by atoms with van der Waals surface area (Å²) in [6.45, 7) is 7.02. The Morgan fingerprint density at radius 3 is 2.51 bits per heavy atom. The van der Waals surface area contributed by atoms with Crippen LogP contribution in [0.5, 0.6) is 5.88 Å². The van der Waals surface area contributed by atoms with Gasteiger partial charge in [0.25, 0.3) is 5.91 Å². The quantitative estimate of drug-likeness (QED) is 0.382. The zero-order valence-corrected chi connectivity index (χ0v) is 26.2. The molecular formula is C32H43F3N6O4. The smallest absolute Gasteiger partial charge is 0.403 e. The van der Waals surface area contributed by atoms with Crippen molar-refractivity contribution in [3.8, 4) is 17.1 Å². The van der Waals surface area contributed by atoms with Crippen molar-refractivity contribution in [2.45, 2.75) is 58.2 Å². The van der Waals surface area contributed by atoms with Gasteiger partial charge in [-0.25, -0.2) is 9.97 Å². The van der Waals surface area contributed by atoms with E-state index in [2.05, 4.69) is 15.6 Å². The minimum atomic E-state index is -4.59. The molecule has 0 bridgehead atoms. The summed E-state index contributed by atoms with van der Waals surface area (Å²) in [5, 5.41) is 6.30. The maximum Gasteiger partial charge on any atom is 0.403 e. The van der Waals surface area contributed by atoms with Crippen LogP contribution >= 0.6 is 0 Å². The standard InChI is InChI=1S/C32H43F3N6O4/c1-4-22-17-40(29(43)31(32(33,34)35)12-6-7-13-31)15-16-41(22)25-11-10-24(23-9-8-14-37-28(23)45-5-2)39-26(25)27(42)38-20-30(21-44-3)18-36-19-30/h8-11,14,22,36H,4-7,12-13,15-21H2,1-3H3,(H,38,42)/t22-/m1/s1. The van der Waals surface area contributed by atoms with E-state index in [1.54, 1.807) is 25.4 Å². The van der Waals surface area contributed by atoms with E-state index in [1.807, 2.05) is 30.9 Å². The van der Waals surface area contributed by atoms with Crippen molar-refractivity contribution >= 4 is 17.5 Å². The molecule has 246 valence electrons. The van der Waals surface area contributed by atoms with Gasteiger partial charge in [-0.15, -0.1) is 0 Å². The monoisotopic (exact) mass is 632 g/mol. The topological polar surface area (TPSA) is 109 Å². The van der Waals surface area contributed by atoms with E-state index in [9.17, 15) is 22.8 Å². The number of pyridine rings is 2. The van der Waals surface area contributed by atoms with Gasteiger partial charge in [-0.1, -0.05) is 19.8 Å². The molecule has 0 aromatic carbocycles. The lowest BCUT2D eigenvalue weighted by Gasteiger charge is -2.45. The van der Waals surface area contributed by atoms with E-state index >= 15 is 0 Å². The summed E-state index contributed by atoms with van der Waals surface area (Å²) in [6.07, 6.45) is -1.95. The van der Waals surface area contributed by atoms with Gasteiger partial charge >= 0.3 is 6.18 Å². The number of nitrogens with zero attached hydrogens (tertiary/aromatic N) is 4. The predicted octanol–water partition coefficient (Wildman–Crippen LogP) is 4.06. The highest BCUT2D eigenvalue weighted by atomic mass is 19.4. The fraction of sp³-hybridized carbons (Fsp3) is 0.625. The van der Waals surface area contributed by atoms with Crippen LogP contribution in [0.1, 0.15) is 56.4 Å². The molecule has 2 aromatic heterocycles. The van der Waals surface area contributed by atoms with Crippen LogP contribution in [0.25, 0.3) is 11.3 Å². The van der Waals surface area contributed by atoms with Gasteiger partial charge in [0.15, 0.2) is 5.69 Å². The highest BCUT2D eigenvalue weighted by Gasteiger charge is 2.62. The lowest BCUT2D eigenvalue weighted by molar-refractivity contribution is -0.226. The zero-order valence-electron chi connectivity index (χ0n) is 26.2. The first-order chi connectivity index (χ1) is 21.6. The summed E-state index contributed by atoms with van der Waals surface area (Å²) in [7, 11) is 1.63. The average Bonchev–Trinajstić information content (AvgIpc) is 3.54. The van der Waals surface area contributed by atoms with Crippen molar-refractivity contribution in [1.29, 1.82) is 0 Å². The van der Waals surface area contributed by atoms with Crippen LogP contribution < -0.4 is 20.3 Å². The first-order valence-electron chi connectivity index (χ1n) is 15.8.